The third-order valence-corrected chi connectivity index (χ3v) is 10.2. The van der Waals surface area contributed by atoms with E-state index >= 15 is 0 Å². The zero-order valence-electron chi connectivity index (χ0n) is 21.4. The van der Waals surface area contributed by atoms with Gasteiger partial charge >= 0.3 is 5.97 Å². The summed E-state index contributed by atoms with van der Waals surface area (Å²) in [7, 11) is 2.94. The predicted molar refractivity (Wildman–Crippen MR) is 146 cm³/mol. The molecule has 6 aliphatic heterocycles. The van der Waals surface area contributed by atoms with Crippen molar-refractivity contribution in [3.8, 4) is 0 Å². The first-order chi connectivity index (χ1) is 16.5. The van der Waals surface area contributed by atoms with E-state index in [9.17, 15) is 9.59 Å². The van der Waals surface area contributed by atoms with Crippen LogP contribution in [0.2, 0.25) is 0 Å². The van der Waals surface area contributed by atoms with E-state index in [2.05, 4.69) is 26.8 Å². The first kappa shape index (κ1) is 28.4. The van der Waals surface area contributed by atoms with E-state index in [1.807, 2.05) is 0 Å². The fourth-order valence-corrected chi connectivity index (χ4v) is 7.55. The summed E-state index contributed by atoms with van der Waals surface area (Å²) in [6, 6.07) is 1.37. The average molecular weight is 513 g/mol. The molecule has 0 radical (unpaired) electrons. The van der Waals surface area contributed by atoms with Gasteiger partial charge in [0, 0.05) is 42.0 Å². The predicted octanol–water partition coefficient (Wildman–Crippen LogP) is 6.10. The standard InChI is InChI=1S/C27H49N2O3PS/c1-20-23-18-16-21(28-20)12-8-5-3-7-11-15-26(31)34-24-19-17-22(29-27(24)33)13-9-4-2-6-10-14-25(30)32-23/h20-24,27-29H,2-19,33H2,1H3/t20-,21+,22+,23-,24-,27-/m0/s1. The Morgan fingerprint density at radius 2 is 1.32 bits per heavy atom. The van der Waals surface area contributed by atoms with Crippen LogP contribution in [0.1, 0.15) is 122 Å². The van der Waals surface area contributed by atoms with Crippen LogP contribution in [0.15, 0.2) is 0 Å². The highest BCUT2D eigenvalue weighted by molar-refractivity contribution is 8.14. The monoisotopic (exact) mass is 512 g/mol. The Hall–Kier alpha value is -0.160. The van der Waals surface area contributed by atoms with Crippen molar-refractivity contribution in [3.63, 3.8) is 0 Å². The summed E-state index contributed by atoms with van der Waals surface area (Å²) in [4.78, 5) is 24.8. The van der Waals surface area contributed by atoms with Crippen LogP contribution in [0.4, 0.5) is 0 Å². The van der Waals surface area contributed by atoms with Crippen molar-refractivity contribution in [2.24, 2.45) is 0 Å². The molecule has 6 fully saturated rings. The summed E-state index contributed by atoms with van der Waals surface area (Å²) in [5, 5.41) is 8.22. The Labute approximate surface area is 214 Å². The van der Waals surface area contributed by atoms with Crippen LogP contribution in [0, 0.1) is 0 Å². The lowest BCUT2D eigenvalue weighted by atomic mass is 9.93. The van der Waals surface area contributed by atoms with E-state index in [1.54, 1.807) is 11.8 Å². The molecular weight excluding hydrogens is 463 g/mol. The number of hydrogen-bond acceptors (Lipinski definition) is 6. The molecule has 1 unspecified atom stereocenters. The van der Waals surface area contributed by atoms with E-state index < -0.39 is 0 Å². The van der Waals surface area contributed by atoms with Gasteiger partial charge in [-0.05, 0) is 58.3 Å². The van der Waals surface area contributed by atoms with Gasteiger partial charge in [-0.1, -0.05) is 63.1 Å². The molecule has 7 atom stereocenters. The molecule has 5 nitrogen and oxygen atoms in total. The van der Waals surface area contributed by atoms with Crippen LogP contribution in [-0.4, -0.2) is 46.3 Å². The number of hydrogen-bond donors (Lipinski definition) is 2. The van der Waals surface area contributed by atoms with Gasteiger partial charge in [-0.3, -0.25) is 9.59 Å². The van der Waals surface area contributed by atoms with Gasteiger partial charge in [0.15, 0.2) is 5.12 Å². The number of piperidine rings is 2. The van der Waals surface area contributed by atoms with Gasteiger partial charge in [-0.15, -0.1) is 9.24 Å². The molecule has 0 saturated carbocycles. The molecular formula is C27H49N2O3PS. The fourth-order valence-electron chi connectivity index (χ4n) is 5.77. The number of ether oxygens (including phenoxy) is 1. The number of carbonyl (C=O) groups is 2. The average Bonchev–Trinajstić information content (AvgIpc) is 2.80. The summed E-state index contributed by atoms with van der Waals surface area (Å²) >= 11 is 1.59. The molecule has 0 aromatic heterocycles. The molecule has 0 aromatic rings. The maximum atomic E-state index is 12.5. The molecule has 0 spiro atoms. The highest BCUT2D eigenvalue weighted by atomic mass is 32.2. The highest BCUT2D eigenvalue weighted by Crippen LogP contribution is 2.31. The zero-order valence-corrected chi connectivity index (χ0v) is 23.4. The van der Waals surface area contributed by atoms with E-state index in [4.69, 9.17) is 4.74 Å². The molecule has 0 aliphatic carbocycles. The van der Waals surface area contributed by atoms with Crippen LogP contribution in [0.3, 0.4) is 0 Å². The smallest absolute Gasteiger partial charge is 0.306 e. The number of nitrogens with one attached hydrogen (secondary N) is 2. The van der Waals surface area contributed by atoms with Gasteiger partial charge in [-0.2, -0.15) is 0 Å². The molecule has 2 N–H and O–H groups in total. The van der Waals surface area contributed by atoms with E-state index in [-0.39, 0.29) is 18.1 Å². The van der Waals surface area contributed by atoms with Crippen molar-refractivity contribution in [2.75, 3.05) is 0 Å². The third-order valence-electron chi connectivity index (χ3n) is 7.92. The molecule has 0 aromatic carbocycles. The van der Waals surface area contributed by atoms with Crippen molar-refractivity contribution in [1.82, 2.24) is 10.6 Å². The Balaban J connectivity index is 1.43. The fraction of sp³-hybridized carbons (Fsp3) is 0.926. The lowest BCUT2D eigenvalue weighted by Gasteiger charge is -2.35. The molecule has 6 rings (SSSR count). The SMILES string of the molecule is C[C@@H]1N[C@@H]2CCCCCCCC(=O)S[C@H]3CC[C@@H](CCCCCCCC(=O)O[C@H]1CC2)N[C@H]3P. The van der Waals surface area contributed by atoms with Crippen LogP contribution in [0.5, 0.6) is 0 Å². The summed E-state index contributed by atoms with van der Waals surface area (Å²) in [5.41, 5.74) is 0. The lowest BCUT2D eigenvalue weighted by Crippen LogP contribution is -2.50. The van der Waals surface area contributed by atoms with E-state index in [1.165, 1.54) is 57.8 Å². The molecule has 6 saturated heterocycles. The zero-order chi connectivity index (χ0) is 24.2. The van der Waals surface area contributed by atoms with Crippen molar-refractivity contribution < 1.29 is 14.3 Å². The van der Waals surface area contributed by atoms with Crippen molar-refractivity contribution in [2.45, 2.75) is 158 Å². The van der Waals surface area contributed by atoms with Gasteiger partial charge in [-0.25, -0.2) is 0 Å². The van der Waals surface area contributed by atoms with Gasteiger partial charge in [0.05, 0.1) is 0 Å². The molecule has 196 valence electrons. The minimum absolute atomic E-state index is 0.0117. The normalized spacial score (nSPS) is 36.8. The lowest BCUT2D eigenvalue weighted by molar-refractivity contribution is -0.152. The van der Waals surface area contributed by atoms with Gasteiger partial charge in [0.2, 0.25) is 0 Å². The first-order valence-electron chi connectivity index (χ1n) is 14.2. The van der Waals surface area contributed by atoms with Crippen LogP contribution >= 0.6 is 21.0 Å². The highest BCUT2D eigenvalue weighted by Gasteiger charge is 2.30. The first-order valence-corrected chi connectivity index (χ1v) is 15.7. The number of thioether (sulfide) groups is 1. The summed E-state index contributed by atoms with van der Waals surface area (Å²) in [5.74, 6) is 0.325. The molecule has 6 heterocycles. The molecule has 7 heteroatoms. The van der Waals surface area contributed by atoms with E-state index in [0.717, 1.165) is 51.4 Å². The van der Waals surface area contributed by atoms with Crippen LogP contribution in [0.25, 0.3) is 0 Å². The Morgan fingerprint density at radius 3 is 2.00 bits per heavy atom. The van der Waals surface area contributed by atoms with Gasteiger partial charge < -0.3 is 15.4 Å². The van der Waals surface area contributed by atoms with Crippen molar-refractivity contribution in [3.05, 3.63) is 0 Å². The van der Waals surface area contributed by atoms with Crippen molar-refractivity contribution >= 4 is 32.1 Å². The minimum Gasteiger partial charge on any atom is -0.461 e. The number of carbonyl (C=O) groups excluding carboxylic acids is 2. The quantitative estimate of drug-likeness (QED) is 0.302. The Bertz CT molecular complexity index is 571. The third kappa shape index (κ3) is 10.4. The molecule has 6 aliphatic rings. The number of esters is 1. The largest absolute Gasteiger partial charge is 0.461 e. The second-order valence-electron chi connectivity index (χ2n) is 10.9. The summed E-state index contributed by atoms with van der Waals surface area (Å²) in [6.07, 6.45) is 19.7. The summed E-state index contributed by atoms with van der Waals surface area (Å²) < 4.78 is 5.82. The van der Waals surface area contributed by atoms with Gasteiger partial charge in [0.1, 0.15) is 6.10 Å². The van der Waals surface area contributed by atoms with Crippen LogP contribution in [-0.2, 0) is 14.3 Å². The Morgan fingerprint density at radius 1 is 0.735 bits per heavy atom. The molecule has 0 amide bonds. The molecule has 34 heavy (non-hydrogen) atoms. The van der Waals surface area contributed by atoms with E-state index in [0.29, 0.717) is 34.7 Å². The maximum absolute atomic E-state index is 12.5. The molecule has 4 bridgehead atoms. The minimum atomic E-state index is -0.0117. The van der Waals surface area contributed by atoms with Gasteiger partial charge in [0.25, 0.3) is 0 Å². The van der Waals surface area contributed by atoms with Crippen LogP contribution < -0.4 is 10.6 Å². The summed E-state index contributed by atoms with van der Waals surface area (Å²) in [6.45, 7) is 2.16. The maximum Gasteiger partial charge on any atom is 0.306 e. The Kier molecular flexibility index (Phi) is 13.2. The van der Waals surface area contributed by atoms with Crippen molar-refractivity contribution in [1.29, 1.82) is 0 Å². The topological polar surface area (TPSA) is 67.4 Å². The second-order valence-corrected chi connectivity index (χ2v) is 12.9. The second kappa shape index (κ2) is 15.8. The number of rotatable bonds is 0.